The van der Waals surface area contributed by atoms with Crippen LogP contribution in [0.15, 0.2) is 36.9 Å². The summed E-state index contributed by atoms with van der Waals surface area (Å²) in [6.07, 6.45) is 6.91. The Morgan fingerprint density at radius 1 is 1.17 bits per heavy atom. The molecule has 5 nitrogen and oxygen atoms in total. The lowest BCUT2D eigenvalue weighted by Gasteiger charge is -2.07. The largest absolute Gasteiger partial charge is 0.397 e. The second-order valence-corrected chi connectivity index (χ2v) is 4.01. The van der Waals surface area contributed by atoms with Crippen molar-refractivity contribution >= 4 is 16.7 Å². The maximum Gasteiger partial charge on any atom is 0.143 e. The number of hydrogen-bond acceptors (Lipinski definition) is 4. The van der Waals surface area contributed by atoms with E-state index < -0.39 is 0 Å². The zero-order valence-corrected chi connectivity index (χ0v) is 10.0. The average molecular weight is 239 g/mol. The van der Waals surface area contributed by atoms with Gasteiger partial charge in [-0.2, -0.15) is 0 Å². The zero-order chi connectivity index (χ0) is 12.5. The van der Waals surface area contributed by atoms with E-state index in [1.807, 2.05) is 12.1 Å². The summed E-state index contributed by atoms with van der Waals surface area (Å²) in [4.78, 5) is 12.7. The maximum absolute atomic E-state index is 5.97. The molecule has 0 fully saturated rings. The molecule has 0 amide bonds. The smallest absolute Gasteiger partial charge is 0.143 e. The highest BCUT2D eigenvalue weighted by Gasteiger charge is 2.13. The van der Waals surface area contributed by atoms with Crippen molar-refractivity contribution < 1.29 is 0 Å². The average Bonchev–Trinajstić information content (AvgIpc) is 2.77. The van der Waals surface area contributed by atoms with Crippen molar-refractivity contribution in [3.63, 3.8) is 0 Å². The third-order valence-electron chi connectivity index (χ3n) is 2.96. The van der Waals surface area contributed by atoms with E-state index in [2.05, 4.69) is 26.4 Å². The van der Waals surface area contributed by atoms with Crippen LogP contribution in [0.2, 0.25) is 0 Å². The molecule has 90 valence electrons. The minimum absolute atomic E-state index is 0.635. The van der Waals surface area contributed by atoms with Crippen molar-refractivity contribution in [2.45, 2.75) is 13.5 Å². The topological polar surface area (TPSA) is 69.6 Å². The van der Waals surface area contributed by atoms with Gasteiger partial charge in [0.2, 0.25) is 0 Å². The zero-order valence-electron chi connectivity index (χ0n) is 10.0. The number of imidazole rings is 1. The van der Waals surface area contributed by atoms with Crippen LogP contribution in [0.1, 0.15) is 6.92 Å². The van der Waals surface area contributed by atoms with Gasteiger partial charge in [-0.3, -0.25) is 9.97 Å². The molecule has 3 heterocycles. The molecule has 3 aromatic rings. The first-order valence-corrected chi connectivity index (χ1v) is 5.81. The van der Waals surface area contributed by atoms with Gasteiger partial charge in [-0.05, 0) is 19.1 Å². The fourth-order valence-corrected chi connectivity index (χ4v) is 2.12. The summed E-state index contributed by atoms with van der Waals surface area (Å²) in [5.74, 6) is 0.861. The first kappa shape index (κ1) is 10.7. The van der Waals surface area contributed by atoms with Crippen LogP contribution in [0.25, 0.3) is 22.4 Å². The van der Waals surface area contributed by atoms with Gasteiger partial charge in [0.1, 0.15) is 11.3 Å². The van der Waals surface area contributed by atoms with Crippen LogP contribution in [0, 0.1) is 0 Å². The van der Waals surface area contributed by atoms with Crippen LogP contribution in [0.3, 0.4) is 0 Å². The molecule has 0 aromatic carbocycles. The Morgan fingerprint density at radius 2 is 1.94 bits per heavy atom. The van der Waals surface area contributed by atoms with Crippen molar-refractivity contribution in [1.29, 1.82) is 0 Å². The van der Waals surface area contributed by atoms with E-state index in [-0.39, 0.29) is 0 Å². The van der Waals surface area contributed by atoms with Gasteiger partial charge in [-0.25, -0.2) is 4.98 Å². The van der Waals surface area contributed by atoms with Crippen LogP contribution in [-0.4, -0.2) is 19.5 Å². The molecular formula is C13H13N5. The van der Waals surface area contributed by atoms with Crippen molar-refractivity contribution in [2.75, 3.05) is 5.73 Å². The van der Waals surface area contributed by atoms with E-state index in [0.717, 1.165) is 29.0 Å². The van der Waals surface area contributed by atoms with Gasteiger partial charge in [0.15, 0.2) is 0 Å². The molecule has 0 saturated carbocycles. The maximum atomic E-state index is 5.97. The molecular weight excluding hydrogens is 226 g/mol. The lowest BCUT2D eigenvalue weighted by atomic mass is 10.2. The van der Waals surface area contributed by atoms with Crippen LogP contribution in [-0.2, 0) is 6.54 Å². The molecule has 5 heteroatoms. The van der Waals surface area contributed by atoms with Crippen molar-refractivity contribution in [2.24, 2.45) is 0 Å². The Morgan fingerprint density at radius 3 is 2.72 bits per heavy atom. The fraction of sp³-hybridized carbons (Fsp3) is 0.154. The van der Waals surface area contributed by atoms with Crippen LogP contribution in [0.4, 0.5) is 5.69 Å². The monoisotopic (exact) mass is 239 g/mol. The first-order valence-electron chi connectivity index (χ1n) is 5.81. The van der Waals surface area contributed by atoms with E-state index in [9.17, 15) is 0 Å². The molecule has 0 unspecified atom stereocenters. The van der Waals surface area contributed by atoms with Gasteiger partial charge < -0.3 is 10.3 Å². The predicted molar refractivity (Wildman–Crippen MR) is 70.8 cm³/mol. The number of aromatic nitrogens is 4. The highest BCUT2D eigenvalue weighted by molar-refractivity contribution is 5.82. The van der Waals surface area contributed by atoms with Gasteiger partial charge in [0.05, 0.1) is 23.6 Å². The SMILES string of the molecule is CCn1c(-c2ccncc2N)nc2cnccc21. The van der Waals surface area contributed by atoms with Crippen molar-refractivity contribution in [1.82, 2.24) is 19.5 Å². The Bertz CT molecular complexity index is 701. The number of nitrogen functional groups attached to an aromatic ring is 1. The second kappa shape index (κ2) is 4.10. The van der Waals surface area contributed by atoms with E-state index in [4.69, 9.17) is 5.73 Å². The molecule has 3 aromatic heterocycles. The minimum Gasteiger partial charge on any atom is -0.397 e. The molecule has 0 aliphatic carbocycles. The molecule has 2 N–H and O–H groups in total. The van der Waals surface area contributed by atoms with Gasteiger partial charge in [-0.15, -0.1) is 0 Å². The summed E-state index contributed by atoms with van der Waals surface area (Å²) < 4.78 is 2.13. The second-order valence-electron chi connectivity index (χ2n) is 4.01. The molecule has 0 radical (unpaired) electrons. The number of rotatable bonds is 2. The number of nitrogens with two attached hydrogens (primary N) is 1. The fourth-order valence-electron chi connectivity index (χ4n) is 2.12. The molecule has 0 bridgehead atoms. The Labute approximate surface area is 104 Å². The summed E-state index contributed by atoms with van der Waals surface area (Å²) in [6.45, 7) is 2.92. The Hall–Kier alpha value is -2.43. The lowest BCUT2D eigenvalue weighted by Crippen LogP contribution is -2.00. The summed E-state index contributed by atoms with van der Waals surface area (Å²) in [5, 5.41) is 0. The Kier molecular flexibility index (Phi) is 2.44. The quantitative estimate of drug-likeness (QED) is 0.743. The molecule has 18 heavy (non-hydrogen) atoms. The standard InChI is InChI=1S/C13H13N5/c1-2-18-12-4-6-16-8-11(12)17-13(18)9-3-5-15-7-10(9)14/h3-8H,2,14H2,1H3. The van der Waals surface area contributed by atoms with Crippen LogP contribution >= 0.6 is 0 Å². The summed E-state index contributed by atoms with van der Waals surface area (Å²) in [6, 6.07) is 3.85. The summed E-state index contributed by atoms with van der Waals surface area (Å²) in [5.41, 5.74) is 9.46. The van der Waals surface area contributed by atoms with E-state index in [1.165, 1.54) is 0 Å². The number of anilines is 1. The van der Waals surface area contributed by atoms with Gasteiger partial charge >= 0.3 is 0 Å². The summed E-state index contributed by atoms with van der Waals surface area (Å²) in [7, 11) is 0. The van der Waals surface area contributed by atoms with E-state index >= 15 is 0 Å². The summed E-state index contributed by atoms with van der Waals surface area (Å²) >= 11 is 0. The number of nitrogens with zero attached hydrogens (tertiary/aromatic N) is 4. The molecule has 3 rings (SSSR count). The van der Waals surface area contributed by atoms with Crippen molar-refractivity contribution in [3.05, 3.63) is 36.9 Å². The number of hydrogen-bond donors (Lipinski definition) is 1. The van der Waals surface area contributed by atoms with Gasteiger partial charge in [0.25, 0.3) is 0 Å². The molecule has 0 atom stereocenters. The minimum atomic E-state index is 0.635. The van der Waals surface area contributed by atoms with Crippen molar-refractivity contribution in [3.8, 4) is 11.4 Å². The molecule has 0 spiro atoms. The predicted octanol–water partition coefficient (Wildman–Crippen LogP) is 2.10. The van der Waals surface area contributed by atoms with E-state index in [0.29, 0.717) is 5.69 Å². The molecule has 0 aliphatic heterocycles. The van der Waals surface area contributed by atoms with Crippen LogP contribution < -0.4 is 5.73 Å². The molecule has 0 saturated heterocycles. The third-order valence-corrected chi connectivity index (χ3v) is 2.96. The van der Waals surface area contributed by atoms with Gasteiger partial charge in [0, 0.05) is 24.5 Å². The van der Waals surface area contributed by atoms with Gasteiger partial charge in [-0.1, -0.05) is 0 Å². The number of fused-ring (bicyclic) bond motifs is 1. The van der Waals surface area contributed by atoms with Crippen LogP contribution in [0.5, 0.6) is 0 Å². The Balaban J connectivity index is 2.32. The first-order chi connectivity index (χ1) is 8.81. The molecule has 0 aliphatic rings. The lowest BCUT2D eigenvalue weighted by molar-refractivity contribution is 0.796. The normalized spacial score (nSPS) is 10.9. The number of pyridine rings is 2. The third kappa shape index (κ3) is 1.52. The highest BCUT2D eigenvalue weighted by Crippen LogP contribution is 2.27. The van der Waals surface area contributed by atoms with E-state index in [1.54, 1.807) is 24.8 Å². The highest BCUT2D eigenvalue weighted by atomic mass is 15.1. The number of aryl methyl sites for hydroxylation is 1.